The molecule has 0 bridgehead atoms. The number of hydrogen-bond acceptors (Lipinski definition) is 6. The van der Waals surface area contributed by atoms with Crippen LogP contribution in [0.15, 0.2) is 59.6 Å². The summed E-state index contributed by atoms with van der Waals surface area (Å²) in [6, 6.07) is 11.6. The zero-order chi connectivity index (χ0) is 20.9. The van der Waals surface area contributed by atoms with Crippen molar-refractivity contribution < 1.29 is 17.6 Å². The highest BCUT2D eigenvalue weighted by Gasteiger charge is 2.16. The van der Waals surface area contributed by atoms with Gasteiger partial charge in [0.15, 0.2) is 5.78 Å². The van der Waals surface area contributed by atoms with Crippen LogP contribution >= 0.6 is 11.6 Å². The molecular formula is C19H16ClFN4O3S. The van der Waals surface area contributed by atoms with Crippen LogP contribution < -0.4 is 4.72 Å². The number of hydrogen-bond donors (Lipinski definition) is 1. The van der Waals surface area contributed by atoms with Crippen molar-refractivity contribution in [2.24, 2.45) is 0 Å². The molecule has 0 fully saturated rings. The number of ketones is 1. The van der Waals surface area contributed by atoms with Crippen LogP contribution in [0.3, 0.4) is 0 Å². The van der Waals surface area contributed by atoms with E-state index in [1.165, 1.54) is 12.1 Å². The first kappa shape index (κ1) is 21.0. The fourth-order valence-corrected chi connectivity index (χ4v) is 3.68. The Kier molecular flexibility index (Phi) is 6.63. The number of aryl methyl sites for hydroxylation is 1. The number of nitrogens with one attached hydrogen (secondary N) is 1. The highest BCUT2D eigenvalue weighted by atomic mass is 35.5. The third-order valence-electron chi connectivity index (χ3n) is 3.98. The van der Waals surface area contributed by atoms with Crippen LogP contribution in [-0.4, -0.2) is 29.4 Å². The summed E-state index contributed by atoms with van der Waals surface area (Å²) >= 11 is 5.62. The largest absolute Gasteiger partial charge is 0.292 e. The molecule has 0 amide bonds. The number of carbonyl (C=O) groups excluding carboxylic acids is 1. The van der Waals surface area contributed by atoms with Gasteiger partial charge in [-0.3, -0.25) is 9.78 Å². The van der Waals surface area contributed by atoms with E-state index < -0.39 is 15.8 Å². The fraction of sp³-hybridized carbons (Fsp3) is 0.158. The highest BCUT2D eigenvalue weighted by molar-refractivity contribution is 7.89. The lowest BCUT2D eigenvalue weighted by molar-refractivity contribution is 0.0976. The van der Waals surface area contributed by atoms with Crippen molar-refractivity contribution in [2.45, 2.75) is 24.3 Å². The number of sulfonamides is 1. The van der Waals surface area contributed by atoms with E-state index in [-0.39, 0.29) is 34.4 Å². The van der Waals surface area contributed by atoms with Crippen molar-refractivity contribution in [2.75, 3.05) is 0 Å². The fourth-order valence-electron chi connectivity index (χ4n) is 2.41. The summed E-state index contributed by atoms with van der Waals surface area (Å²) in [5, 5.41) is 7.46. The smallest absolute Gasteiger partial charge is 0.240 e. The van der Waals surface area contributed by atoms with E-state index in [1.807, 2.05) is 12.1 Å². The number of benzene rings is 1. The molecule has 3 aromatic rings. The number of halogens is 2. The van der Waals surface area contributed by atoms with E-state index in [0.29, 0.717) is 12.1 Å². The van der Waals surface area contributed by atoms with Gasteiger partial charge >= 0.3 is 0 Å². The second kappa shape index (κ2) is 9.17. The predicted octanol–water partition coefficient (Wildman–Crippen LogP) is 2.96. The first-order chi connectivity index (χ1) is 13.8. The summed E-state index contributed by atoms with van der Waals surface area (Å²) in [5.41, 5.74) is 1.32. The van der Waals surface area contributed by atoms with Crippen molar-refractivity contribution >= 4 is 27.4 Å². The van der Waals surface area contributed by atoms with Crippen LogP contribution in [0.25, 0.3) is 0 Å². The second-order valence-corrected chi connectivity index (χ2v) is 8.23. The standard InChI is InChI=1S/C19H16ClFN4O3S/c20-16-11-15(6-7-17(16)21)29(27,28)23-12-14-4-8-18(25-24-14)19(26)9-5-13-3-1-2-10-22-13/h1-4,6-8,10-11,23H,5,9,12H2. The molecule has 0 aliphatic heterocycles. The summed E-state index contributed by atoms with van der Waals surface area (Å²) in [4.78, 5) is 16.2. The van der Waals surface area contributed by atoms with E-state index in [1.54, 1.807) is 12.3 Å². The number of Topliss-reactive ketones (excluding diaryl/α,β-unsaturated/α-hetero) is 1. The molecule has 0 spiro atoms. The molecule has 1 aromatic carbocycles. The highest BCUT2D eigenvalue weighted by Crippen LogP contribution is 2.19. The second-order valence-electron chi connectivity index (χ2n) is 6.05. The molecule has 29 heavy (non-hydrogen) atoms. The monoisotopic (exact) mass is 434 g/mol. The van der Waals surface area contributed by atoms with E-state index in [9.17, 15) is 17.6 Å². The molecule has 0 unspecified atom stereocenters. The number of pyridine rings is 1. The van der Waals surface area contributed by atoms with Gasteiger partial charge in [0.05, 0.1) is 22.2 Å². The summed E-state index contributed by atoms with van der Waals surface area (Å²) < 4.78 is 40.1. The summed E-state index contributed by atoms with van der Waals surface area (Å²) in [6.45, 7) is -0.146. The number of carbonyl (C=O) groups is 1. The molecule has 150 valence electrons. The Morgan fingerprint density at radius 3 is 2.55 bits per heavy atom. The molecule has 10 heteroatoms. The van der Waals surface area contributed by atoms with Crippen molar-refractivity contribution in [3.63, 3.8) is 0 Å². The predicted molar refractivity (Wildman–Crippen MR) is 104 cm³/mol. The van der Waals surface area contributed by atoms with Crippen molar-refractivity contribution in [1.82, 2.24) is 19.9 Å². The number of aromatic nitrogens is 3. The number of nitrogens with zero attached hydrogens (tertiary/aromatic N) is 3. The Bertz CT molecular complexity index is 1110. The van der Waals surface area contributed by atoms with Crippen molar-refractivity contribution in [1.29, 1.82) is 0 Å². The van der Waals surface area contributed by atoms with Crippen molar-refractivity contribution in [3.8, 4) is 0 Å². The minimum absolute atomic E-state index is 0.146. The van der Waals surface area contributed by atoms with E-state index >= 15 is 0 Å². The molecule has 0 radical (unpaired) electrons. The van der Waals surface area contributed by atoms with Crippen LogP contribution in [0.2, 0.25) is 5.02 Å². The van der Waals surface area contributed by atoms with E-state index in [0.717, 1.165) is 23.9 Å². The molecular weight excluding hydrogens is 419 g/mol. The molecule has 1 N–H and O–H groups in total. The minimum Gasteiger partial charge on any atom is -0.292 e. The van der Waals surface area contributed by atoms with Crippen LogP contribution in [0.1, 0.15) is 28.3 Å². The van der Waals surface area contributed by atoms with Gasteiger partial charge in [-0.1, -0.05) is 17.7 Å². The van der Waals surface area contributed by atoms with Gasteiger partial charge in [0.2, 0.25) is 10.0 Å². The Morgan fingerprint density at radius 2 is 1.90 bits per heavy atom. The average molecular weight is 435 g/mol. The van der Waals surface area contributed by atoms with Gasteiger partial charge in [0, 0.05) is 18.3 Å². The van der Waals surface area contributed by atoms with Gasteiger partial charge in [0.1, 0.15) is 11.5 Å². The molecule has 3 rings (SSSR count). The van der Waals surface area contributed by atoms with Gasteiger partial charge in [0.25, 0.3) is 0 Å². The lowest BCUT2D eigenvalue weighted by Crippen LogP contribution is -2.24. The molecule has 0 saturated heterocycles. The molecule has 0 atom stereocenters. The zero-order valence-electron chi connectivity index (χ0n) is 15.0. The van der Waals surface area contributed by atoms with Crippen molar-refractivity contribution in [3.05, 3.63) is 82.6 Å². The molecule has 7 nitrogen and oxygen atoms in total. The van der Waals surface area contributed by atoms with E-state index in [2.05, 4.69) is 19.9 Å². The van der Waals surface area contributed by atoms with Crippen LogP contribution in [0, 0.1) is 5.82 Å². The lowest BCUT2D eigenvalue weighted by atomic mass is 10.1. The van der Waals surface area contributed by atoms with Gasteiger partial charge in [-0.2, -0.15) is 5.10 Å². The normalized spacial score (nSPS) is 11.4. The Labute approximate surface area is 172 Å². The van der Waals surface area contributed by atoms with Gasteiger partial charge < -0.3 is 0 Å². The van der Waals surface area contributed by atoms with Gasteiger partial charge in [-0.25, -0.2) is 17.5 Å². The molecule has 0 aliphatic rings. The topological polar surface area (TPSA) is 102 Å². The molecule has 0 aliphatic carbocycles. The lowest BCUT2D eigenvalue weighted by Gasteiger charge is -2.07. The molecule has 2 aromatic heterocycles. The summed E-state index contributed by atoms with van der Waals surface area (Å²) in [7, 11) is -3.91. The maximum atomic E-state index is 13.2. The third-order valence-corrected chi connectivity index (χ3v) is 5.67. The molecule has 0 saturated carbocycles. The first-order valence-electron chi connectivity index (χ1n) is 8.55. The quantitative estimate of drug-likeness (QED) is 0.547. The Morgan fingerprint density at radius 1 is 1.07 bits per heavy atom. The van der Waals surface area contributed by atoms with E-state index in [4.69, 9.17) is 11.6 Å². The van der Waals surface area contributed by atoms with Crippen LogP contribution in [-0.2, 0) is 23.0 Å². The number of rotatable bonds is 8. The zero-order valence-corrected chi connectivity index (χ0v) is 16.6. The summed E-state index contributed by atoms with van der Waals surface area (Å²) in [5.74, 6) is -0.893. The third kappa shape index (κ3) is 5.63. The molecule has 2 heterocycles. The SMILES string of the molecule is O=C(CCc1ccccn1)c1ccc(CNS(=O)(=O)c2ccc(F)c(Cl)c2)nn1. The first-order valence-corrected chi connectivity index (χ1v) is 10.4. The van der Waals surface area contributed by atoms with Crippen LogP contribution in [0.5, 0.6) is 0 Å². The van der Waals surface area contributed by atoms with Gasteiger partial charge in [-0.05, 0) is 48.9 Å². The Balaban J connectivity index is 1.58. The van der Waals surface area contributed by atoms with Gasteiger partial charge in [-0.15, -0.1) is 5.10 Å². The van der Waals surface area contributed by atoms with Crippen LogP contribution in [0.4, 0.5) is 4.39 Å². The minimum atomic E-state index is -3.91. The summed E-state index contributed by atoms with van der Waals surface area (Å²) in [6.07, 6.45) is 2.39. The average Bonchev–Trinajstić information content (AvgIpc) is 2.73. The Hall–Kier alpha value is -2.75. The maximum absolute atomic E-state index is 13.2. The maximum Gasteiger partial charge on any atom is 0.240 e.